The SMILES string of the molecule is c1ccc2cc(-c3ccc4c(-c5cc6ccccc6c6ccccc56)c5cc(-c6ccc7ccccc7c6)ccc5c(-c5ccc6ccccc6c5)c4c3)ccc2c1. The first kappa shape index (κ1) is 32.7. The van der Waals surface area contributed by atoms with Gasteiger partial charge in [0.1, 0.15) is 0 Å². The van der Waals surface area contributed by atoms with Crippen molar-refractivity contribution in [2.24, 2.45) is 0 Å². The van der Waals surface area contributed by atoms with Crippen molar-refractivity contribution in [2.75, 3.05) is 0 Å². The minimum atomic E-state index is 1.21. The van der Waals surface area contributed by atoms with E-state index in [-0.39, 0.29) is 0 Å². The highest BCUT2D eigenvalue weighted by molar-refractivity contribution is 6.26. The van der Waals surface area contributed by atoms with E-state index in [1.54, 1.807) is 0 Å². The van der Waals surface area contributed by atoms with E-state index in [1.165, 1.54) is 120 Å². The van der Waals surface area contributed by atoms with Gasteiger partial charge < -0.3 is 0 Å². The van der Waals surface area contributed by atoms with Gasteiger partial charge >= 0.3 is 0 Å². The molecule has 0 aliphatic carbocycles. The van der Waals surface area contributed by atoms with E-state index >= 15 is 0 Å². The summed E-state index contributed by atoms with van der Waals surface area (Å²) in [5, 5.41) is 17.5. The van der Waals surface area contributed by atoms with Crippen LogP contribution in [0, 0.1) is 0 Å². The van der Waals surface area contributed by atoms with Gasteiger partial charge in [-0.25, -0.2) is 0 Å². The molecule has 0 nitrogen and oxygen atoms in total. The van der Waals surface area contributed by atoms with Gasteiger partial charge in [-0.3, -0.25) is 0 Å². The molecule has 0 aliphatic heterocycles. The molecule has 12 aromatic carbocycles. The summed E-state index contributed by atoms with van der Waals surface area (Å²) in [4.78, 5) is 0. The molecule has 12 rings (SSSR count). The molecular weight excluding hydrogens is 697 g/mol. The molecule has 0 saturated heterocycles. The Morgan fingerprint density at radius 2 is 0.552 bits per heavy atom. The lowest BCUT2D eigenvalue weighted by Gasteiger charge is -2.21. The quantitative estimate of drug-likeness (QED) is 0.125. The van der Waals surface area contributed by atoms with Gasteiger partial charge in [0.15, 0.2) is 0 Å². The highest BCUT2D eigenvalue weighted by atomic mass is 14.2. The average molecular weight is 733 g/mol. The van der Waals surface area contributed by atoms with Crippen molar-refractivity contribution in [1.82, 2.24) is 0 Å². The van der Waals surface area contributed by atoms with Gasteiger partial charge in [-0.1, -0.05) is 182 Å². The molecule has 268 valence electrons. The fourth-order valence-corrected chi connectivity index (χ4v) is 9.53. The van der Waals surface area contributed by atoms with E-state index in [1.807, 2.05) is 0 Å². The Hall–Kier alpha value is -7.54. The highest BCUT2D eigenvalue weighted by Gasteiger charge is 2.21. The molecule has 0 unspecified atom stereocenters. The summed E-state index contributed by atoms with van der Waals surface area (Å²) in [6.45, 7) is 0. The van der Waals surface area contributed by atoms with Crippen LogP contribution in [0.2, 0.25) is 0 Å². The van der Waals surface area contributed by atoms with Gasteiger partial charge in [0.05, 0.1) is 0 Å². The molecule has 0 fully saturated rings. The molecule has 0 spiro atoms. The second-order valence-electron chi connectivity index (χ2n) is 15.6. The summed E-state index contributed by atoms with van der Waals surface area (Å²) in [5.41, 5.74) is 9.86. The molecular formula is C58H36. The fourth-order valence-electron chi connectivity index (χ4n) is 9.53. The van der Waals surface area contributed by atoms with Crippen LogP contribution in [0.5, 0.6) is 0 Å². The third-order valence-corrected chi connectivity index (χ3v) is 12.4. The fraction of sp³-hybridized carbons (Fsp3) is 0. The van der Waals surface area contributed by atoms with Crippen LogP contribution in [0.25, 0.3) is 120 Å². The highest BCUT2D eigenvalue weighted by Crippen LogP contribution is 2.49. The van der Waals surface area contributed by atoms with Crippen molar-refractivity contribution < 1.29 is 0 Å². The summed E-state index contributed by atoms with van der Waals surface area (Å²) in [5.74, 6) is 0. The number of benzene rings is 12. The summed E-state index contributed by atoms with van der Waals surface area (Å²) in [6, 6.07) is 81.3. The predicted octanol–water partition coefficient (Wildman–Crippen LogP) is 16.4. The normalized spacial score (nSPS) is 11.8. The lowest BCUT2D eigenvalue weighted by molar-refractivity contribution is 1.65. The Morgan fingerprint density at radius 3 is 1.12 bits per heavy atom. The van der Waals surface area contributed by atoms with E-state index in [4.69, 9.17) is 0 Å². The summed E-state index contributed by atoms with van der Waals surface area (Å²) < 4.78 is 0. The van der Waals surface area contributed by atoms with Crippen molar-refractivity contribution in [1.29, 1.82) is 0 Å². The third-order valence-electron chi connectivity index (χ3n) is 12.4. The Morgan fingerprint density at radius 1 is 0.172 bits per heavy atom. The first-order valence-electron chi connectivity index (χ1n) is 20.2. The zero-order valence-corrected chi connectivity index (χ0v) is 31.8. The maximum absolute atomic E-state index is 2.46. The molecule has 0 heteroatoms. The van der Waals surface area contributed by atoms with Crippen LogP contribution < -0.4 is 0 Å². The Labute approximate surface area is 336 Å². The largest absolute Gasteiger partial charge is 0.0616 e. The van der Waals surface area contributed by atoms with Gasteiger partial charge in [-0.2, -0.15) is 0 Å². The van der Waals surface area contributed by atoms with Crippen LogP contribution in [-0.4, -0.2) is 0 Å². The number of hydrogen-bond acceptors (Lipinski definition) is 0. The third kappa shape index (κ3) is 5.23. The van der Waals surface area contributed by atoms with Crippen molar-refractivity contribution in [3.8, 4) is 44.5 Å². The minimum absolute atomic E-state index is 1.21. The Kier molecular flexibility index (Phi) is 7.33. The zero-order chi connectivity index (χ0) is 38.2. The molecule has 0 bridgehead atoms. The maximum atomic E-state index is 2.46. The van der Waals surface area contributed by atoms with E-state index in [0.29, 0.717) is 0 Å². The maximum Gasteiger partial charge on any atom is -0.00197 e. The monoisotopic (exact) mass is 732 g/mol. The second kappa shape index (κ2) is 13.0. The van der Waals surface area contributed by atoms with Gasteiger partial charge in [0, 0.05) is 0 Å². The summed E-state index contributed by atoms with van der Waals surface area (Å²) in [6.07, 6.45) is 0. The van der Waals surface area contributed by atoms with Crippen LogP contribution in [-0.2, 0) is 0 Å². The van der Waals surface area contributed by atoms with Crippen molar-refractivity contribution in [2.45, 2.75) is 0 Å². The van der Waals surface area contributed by atoms with E-state index < -0.39 is 0 Å². The topological polar surface area (TPSA) is 0 Å². The number of rotatable bonds is 4. The predicted molar refractivity (Wildman–Crippen MR) is 251 cm³/mol. The van der Waals surface area contributed by atoms with Gasteiger partial charge in [-0.05, 0) is 156 Å². The minimum Gasteiger partial charge on any atom is -0.0616 e. The van der Waals surface area contributed by atoms with Crippen molar-refractivity contribution in [3.63, 3.8) is 0 Å². The molecule has 0 saturated carbocycles. The lowest BCUT2D eigenvalue weighted by atomic mass is 9.82. The molecule has 0 amide bonds. The first-order chi connectivity index (χ1) is 28.7. The van der Waals surface area contributed by atoms with Crippen LogP contribution in [0.4, 0.5) is 0 Å². The van der Waals surface area contributed by atoms with E-state index in [2.05, 4.69) is 218 Å². The molecule has 0 radical (unpaired) electrons. The lowest BCUT2D eigenvalue weighted by Crippen LogP contribution is -1.94. The van der Waals surface area contributed by atoms with Crippen molar-refractivity contribution in [3.05, 3.63) is 218 Å². The van der Waals surface area contributed by atoms with Gasteiger partial charge in [-0.15, -0.1) is 0 Å². The second-order valence-corrected chi connectivity index (χ2v) is 15.6. The smallest absolute Gasteiger partial charge is 0.00197 e. The van der Waals surface area contributed by atoms with Gasteiger partial charge in [0.2, 0.25) is 0 Å². The van der Waals surface area contributed by atoms with Gasteiger partial charge in [0.25, 0.3) is 0 Å². The molecule has 0 aromatic heterocycles. The zero-order valence-electron chi connectivity index (χ0n) is 31.8. The number of fused-ring (bicyclic) bond motifs is 8. The molecule has 58 heavy (non-hydrogen) atoms. The van der Waals surface area contributed by atoms with Crippen molar-refractivity contribution >= 4 is 75.4 Å². The summed E-state index contributed by atoms with van der Waals surface area (Å²) >= 11 is 0. The summed E-state index contributed by atoms with van der Waals surface area (Å²) in [7, 11) is 0. The Balaban J connectivity index is 1.24. The van der Waals surface area contributed by atoms with E-state index in [0.717, 1.165) is 0 Å². The molecule has 12 aromatic rings. The molecule has 0 aliphatic rings. The number of hydrogen-bond donors (Lipinski definition) is 0. The molecule has 0 atom stereocenters. The van der Waals surface area contributed by atoms with E-state index in [9.17, 15) is 0 Å². The van der Waals surface area contributed by atoms with Crippen LogP contribution in [0.1, 0.15) is 0 Å². The molecule has 0 N–H and O–H groups in total. The Bertz CT molecular complexity index is 3620. The van der Waals surface area contributed by atoms with Crippen LogP contribution >= 0.6 is 0 Å². The molecule has 0 heterocycles. The standard InChI is InChI=1S/C58H36/c1-4-14-40-31-43(24-21-37(40)11-1)45-28-30-53-55(34-45)57(48-26-23-39-13-3-6-16-42(39)33-48)52-29-27-46(44-25-22-38-12-2-5-15-41(38)32-44)35-56(52)58(53)54-36-47-17-7-8-18-49(47)50-19-9-10-20-51(50)54/h1-36H. The van der Waals surface area contributed by atoms with Crippen LogP contribution in [0.3, 0.4) is 0 Å². The average Bonchev–Trinajstić information content (AvgIpc) is 3.29. The first-order valence-corrected chi connectivity index (χ1v) is 20.2. The van der Waals surface area contributed by atoms with Crippen LogP contribution in [0.15, 0.2) is 218 Å².